The van der Waals surface area contributed by atoms with Gasteiger partial charge in [0.05, 0.1) is 6.61 Å². The Hall–Kier alpha value is -1.03. The molecule has 8 nitrogen and oxygen atoms in total. The first-order chi connectivity index (χ1) is 8.22. The average Bonchev–Trinajstić information content (AvgIpc) is 2.34. The van der Waals surface area contributed by atoms with Crippen molar-refractivity contribution in [2.45, 2.75) is 37.6 Å². The van der Waals surface area contributed by atoms with E-state index in [4.69, 9.17) is 10.2 Å². The Morgan fingerprint density at radius 3 is 2.00 bits per heavy atom. The van der Waals surface area contributed by atoms with Crippen LogP contribution in [0.5, 0.6) is 0 Å². The van der Waals surface area contributed by atoms with Crippen LogP contribution in [0.25, 0.3) is 0 Å². The second-order valence-electron chi connectivity index (χ2n) is 3.80. The van der Waals surface area contributed by atoms with E-state index in [9.17, 15) is 25.2 Å². The molecular formula is C10H18O8. The van der Waals surface area contributed by atoms with Gasteiger partial charge in [0.15, 0.2) is 0 Å². The van der Waals surface area contributed by atoms with Gasteiger partial charge in [0.1, 0.15) is 24.4 Å². The van der Waals surface area contributed by atoms with Gasteiger partial charge in [-0.15, -0.1) is 0 Å². The van der Waals surface area contributed by atoms with Crippen molar-refractivity contribution in [3.05, 3.63) is 12.2 Å². The lowest BCUT2D eigenvalue weighted by Crippen LogP contribution is -2.50. The van der Waals surface area contributed by atoms with Crippen molar-refractivity contribution in [1.82, 2.24) is 0 Å². The molecule has 0 heterocycles. The highest BCUT2D eigenvalue weighted by Gasteiger charge is 2.35. The number of carbonyl (C=O) groups excluding carboxylic acids is 1. The Morgan fingerprint density at radius 1 is 1.11 bits per heavy atom. The van der Waals surface area contributed by atoms with Gasteiger partial charge in [0.25, 0.3) is 0 Å². The minimum atomic E-state index is -2.11. The van der Waals surface area contributed by atoms with Gasteiger partial charge in [-0.25, -0.2) is 4.79 Å². The summed E-state index contributed by atoms with van der Waals surface area (Å²) >= 11 is 0. The minimum absolute atomic E-state index is 0.0355. The van der Waals surface area contributed by atoms with E-state index in [0.717, 1.165) is 0 Å². The van der Waals surface area contributed by atoms with Crippen LogP contribution in [0.3, 0.4) is 0 Å². The van der Waals surface area contributed by atoms with E-state index in [2.05, 4.69) is 11.3 Å². The van der Waals surface area contributed by atoms with Gasteiger partial charge in [-0.3, -0.25) is 0 Å². The van der Waals surface area contributed by atoms with E-state index in [1.807, 2.05) is 0 Å². The third kappa shape index (κ3) is 4.69. The topological polar surface area (TPSA) is 148 Å². The van der Waals surface area contributed by atoms with Gasteiger partial charge in [-0.1, -0.05) is 6.58 Å². The quantitative estimate of drug-likeness (QED) is 0.161. The number of ether oxygens (including phenoxy) is 1. The second-order valence-corrected chi connectivity index (χ2v) is 3.80. The summed E-state index contributed by atoms with van der Waals surface area (Å²) in [6.07, 6.45) is -9.80. The largest absolute Gasteiger partial charge is 0.430 e. The van der Waals surface area contributed by atoms with Crippen LogP contribution in [0, 0.1) is 0 Å². The molecule has 8 heteroatoms. The van der Waals surface area contributed by atoms with Crippen molar-refractivity contribution in [2.75, 3.05) is 6.61 Å². The molecule has 0 saturated carbocycles. The van der Waals surface area contributed by atoms with Crippen LogP contribution in [-0.2, 0) is 9.53 Å². The summed E-state index contributed by atoms with van der Waals surface area (Å²) in [6, 6.07) is 0. The molecule has 106 valence electrons. The molecule has 5 atom stereocenters. The normalized spacial score (nSPS) is 19.5. The maximum absolute atomic E-state index is 11.0. The summed E-state index contributed by atoms with van der Waals surface area (Å²) in [6.45, 7) is 3.69. The van der Waals surface area contributed by atoms with Crippen molar-refractivity contribution in [2.24, 2.45) is 0 Å². The number of esters is 1. The number of carbonyl (C=O) groups is 1. The van der Waals surface area contributed by atoms with Crippen molar-refractivity contribution in [1.29, 1.82) is 0 Å². The van der Waals surface area contributed by atoms with Crippen molar-refractivity contribution in [3.8, 4) is 0 Å². The lowest BCUT2D eigenvalue weighted by atomic mass is 10.0. The summed E-state index contributed by atoms with van der Waals surface area (Å²) < 4.78 is 4.31. The summed E-state index contributed by atoms with van der Waals surface area (Å²) in [5.41, 5.74) is -0.0355. The maximum Gasteiger partial charge on any atom is 0.335 e. The first-order valence-electron chi connectivity index (χ1n) is 5.10. The van der Waals surface area contributed by atoms with Crippen LogP contribution >= 0.6 is 0 Å². The van der Waals surface area contributed by atoms with E-state index in [1.165, 1.54) is 6.92 Å². The lowest BCUT2D eigenvalue weighted by Gasteiger charge is -2.28. The molecule has 0 saturated heterocycles. The molecule has 0 aromatic heterocycles. The summed E-state index contributed by atoms with van der Waals surface area (Å²) in [7, 11) is 0. The third-order valence-corrected chi connectivity index (χ3v) is 2.15. The first-order valence-corrected chi connectivity index (χ1v) is 5.10. The Labute approximate surface area is 103 Å². The Balaban J connectivity index is 4.49. The lowest BCUT2D eigenvalue weighted by molar-refractivity contribution is -0.211. The molecule has 0 aliphatic carbocycles. The molecule has 6 N–H and O–H groups in total. The van der Waals surface area contributed by atoms with Gasteiger partial charge in [-0.05, 0) is 6.92 Å². The smallest absolute Gasteiger partial charge is 0.335 e. The van der Waals surface area contributed by atoms with Crippen LogP contribution in [0.2, 0.25) is 0 Å². The third-order valence-electron chi connectivity index (χ3n) is 2.15. The molecule has 0 amide bonds. The zero-order chi connectivity index (χ0) is 14.5. The van der Waals surface area contributed by atoms with Crippen LogP contribution < -0.4 is 0 Å². The molecule has 0 radical (unpaired) electrons. The average molecular weight is 266 g/mol. The van der Waals surface area contributed by atoms with Crippen molar-refractivity contribution >= 4 is 5.97 Å². The highest BCUT2D eigenvalue weighted by atomic mass is 16.6. The molecule has 0 aromatic carbocycles. The zero-order valence-electron chi connectivity index (χ0n) is 9.80. The Morgan fingerprint density at radius 2 is 1.61 bits per heavy atom. The van der Waals surface area contributed by atoms with E-state index < -0.39 is 43.3 Å². The summed E-state index contributed by atoms with van der Waals surface area (Å²) in [5, 5.41) is 54.8. The standard InChI is InChI=1S/C10H18O8/c1-4(2)9(16)18-10(17)8(15)7(14)6(13)5(12)3-11/h5-8,10-15,17H,1,3H2,2H3/t5-,6-,7+,8-,10?/m1/s1. The molecule has 0 aliphatic heterocycles. The Bertz CT molecular complexity index is 292. The van der Waals surface area contributed by atoms with Crippen LogP contribution in [0.4, 0.5) is 0 Å². The predicted octanol–water partition coefficient (Wildman–Crippen LogP) is -3.14. The fourth-order valence-electron chi connectivity index (χ4n) is 0.986. The number of hydrogen-bond donors (Lipinski definition) is 6. The fourth-order valence-corrected chi connectivity index (χ4v) is 0.986. The minimum Gasteiger partial charge on any atom is -0.430 e. The highest BCUT2D eigenvalue weighted by Crippen LogP contribution is 2.10. The van der Waals surface area contributed by atoms with E-state index in [-0.39, 0.29) is 5.57 Å². The molecule has 1 unspecified atom stereocenters. The molecule has 0 rings (SSSR count). The molecule has 0 aromatic rings. The van der Waals surface area contributed by atoms with Gasteiger partial charge in [-0.2, -0.15) is 0 Å². The Kier molecular flexibility index (Phi) is 6.99. The van der Waals surface area contributed by atoms with Gasteiger partial charge < -0.3 is 35.4 Å². The van der Waals surface area contributed by atoms with Crippen LogP contribution in [0.1, 0.15) is 6.92 Å². The van der Waals surface area contributed by atoms with Gasteiger partial charge >= 0.3 is 5.97 Å². The first kappa shape index (κ1) is 17.0. The molecule has 0 fully saturated rings. The van der Waals surface area contributed by atoms with Crippen LogP contribution in [0.15, 0.2) is 12.2 Å². The van der Waals surface area contributed by atoms with E-state index in [1.54, 1.807) is 0 Å². The fraction of sp³-hybridized carbons (Fsp3) is 0.700. The van der Waals surface area contributed by atoms with E-state index in [0.29, 0.717) is 0 Å². The van der Waals surface area contributed by atoms with Gasteiger partial charge in [0, 0.05) is 5.57 Å². The van der Waals surface area contributed by atoms with Crippen LogP contribution in [-0.4, -0.2) is 73.9 Å². The van der Waals surface area contributed by atoms with Crippen molar-refractivity contribution in [3.63, 3.8) is 0 Å². The molecule has 0 bridgehead atoms. The number of hydrogen-bond acceptors (Lipinski definition) is 8. The highest BCUT2D eigenvalue weighted by molar-refractivity contribution is 5.87. The summed E-state index contributed by atoms with van der Waals surface area (Å²) in [4.78, 5) is 11.0. The molecule has 18 heavy (non-hydrogen) atoms. The number of aliphatic hydroxyl groups excluding tert-OH is 6. The monoisotopic (exact) mass is 266 g/mol. The number of rotatable bonds is 7. The summed E-state index contributed by atoms with van der Waals surface area (Å²) in [5.74, 6) is -0.994. The van der Waals surface area contributed by atoms with Crippen molar-refractivity contribution < 1.29 is 40.2 Å². The maximum atomic E-state index is 11.0. The second kappa shape index (κ2) is 7.41. The van der Waals surface area contributed by atoms with E-state index >= 15 is 0 Å². The zero-order valence-corrected chi connectivity index (χ0v) is 9.80. The SMILES string of the molecule is C=C(C)C(=O)OC(O)[C@H](O)[C@@H](O)[C@H](O)[C@H](O)CO. The predicted molar refractivity (Wildman–Crippen MR) is 58.0 cm³/mol. The molecular weight excluding hydrogens is 248 g/mol. The molecule has 0 spiro atoms. The van der Waals surface area contributed by atoms with Gasteiger partial charge in [0.2, 0.25) is 6.29 Å². The molecule has 0 aliphatic rings. The number of aliphatic hydroxyl groups is 6.